The largest absolute Gasteiger partial charge is 0.481 e. The van der Waals surface area contributed by atoms with Crippen LogP contribution in [-0.2, 0) is 13.2 Å². The molecule has 0 saturated carbocycles. The van der Waals surface area contributed by atoms with Gasteiger partial charge in [-0.2, -0.15) is 17.9 Å². The molecule has 0 spiro atoms. The SMILES string of the molecule is COc1cc(-c2c(-c3ccc(F)cc3)nc(N)[n+]3c(=O)n(CCC(F)(F)F)[nH]c23)cc(CO)n1. The fraction of sp³-hybridized carbons (Fsp3) is 0.238. The number of nitrogens with one attached hydrogen (secondary N) is 1. The Kier molecular flexibility index (Phi) is 5.96. The number of pyridine rings is 1. The smallest absolute Gasteiger partial charge is 0.428 e. The number of ether oxygens (including phenoxy) is 1. The number of hydrogen-bond acceptors (Lipinski definition) is 6. The number of aliphatic hydroxyl groups is 1. The molecule has 0 aliphatic rings. The van der Waals surface area contributed by atoms with Gasteiger partial charge in [-0.3, -0.25) is 0 Å². The van der Waals surface area contributed by atoms with E-state index >= 15 is 0 Å². The molecule has 0 aliphatic heterocycles. The number of nitrogens with zero attached hydrogens (tertiary/aromatic N) is 4. The molecule has 4 aromatic rings. The number of anilines is 1. The van der Waals surface area contributed by atoms with Crippen molar-refractivity contribution in [1.82, 2.24) is 19.7 Å². The van der Waals surface area contributed by atoms with Gasteiger partial charge in [0.25, 0.3) is 0 Å². The normalized spacial score (nSPS) is 11.8. The van der Waals surface area contributed by atoms with Crippen LogP contribution >= 0.6 is 0 Å². The topological polar surface area (TPSA) is 123 Å². The third-order valence-electron chi connectivity index (χ3n) is 5.07. The second kappa shape index (κ2) is 8.74. The Morgan fingerprint density at radius 3 is 2.50 bits per heavy atom. The first-order valence-electron chi connectivity index (χ1n) is 9.94. The minimum absolute atomic E-state index is 0.0520. The predicted octanol–water partition coefficient (Wildman–Crippen LogP) is 2.21. The van der Waals surface area contributed by atoms with Gasteiger partial charge in [0.05, 0.1) is 37.9 Å². The van der Waals surface area contributed by atoms with E-state index in [1.165, 1.54) is 43.5 Å². The zero-order valence-electron chi connectivity index (χ0n) is 17.7. The first kappa shape index (κ1) is 23.2. The molecule has 0 bridgehead atoms. The van der Waals surface area contributed by atoms with Crippen molar-refractivity contribution >= 4 is 11.6 Å². The second-order valence-corrected chi connectivity index (χ2v) is 7.34. The maximum Gasteiger partial charge on any atom is 0.428 e. The zero-order chi connectivity index (χ0) is 24.6. The van der Waals surface area contributed by atoms with Crippen molar-refractivity contribution in [3.63, 3.8) is 0 Å². The van der Waals surface area contributed by atoms with E-state index in [2.05, 4.69) is 15.1 Å². The van der Waals surface area contributed by atoms with E-state index in [0.717, 1.165) is 9.08 Å². The number of nitrogens with two attached hydrogens (primary N) is 1. The summed E-state index contributed by atoms with van der Waals surface area (Å²) in [6.45, 7) is -1.10. The van der Waals surface area contributed by atoms with Crippen molar-refractivity contribution in [3.05, 3.63) is 58.4 Å². The van der Waals surface area contributed by atoms with Crippen molar-refractivity contribution in [3.8, 4) is 28.3 Å². The van der Waals surface area contributed by atoms with Gasteiger partial charge >= 0.3 is 17.8 Å². The maximum atomic E-state index is 13.5. The predicted molar refractivity (Wildman–Crippen MR) is 112 cm³/mol. The molecule has 4 N–H and O–H groups in total. The third-order valence-corrected chi connectivity index (χ3v) is 5.07. The number of aromatic nitrogens is 5. The minimum Gasteiger partial charge on any atom is -0.481 e. The highest BCUT2D eigenvalue weighted by Crippen LogP contribution is 2.34. The quantitative estimate of drug-likeness (QED) is 0.288. The van der Waals surface area contributed by atoms with Crippen LogP contribution in [0.2, 0.25) is 0 Å². The number of aryl methyl sites for hydroxylation is 1. The van der Waals surface area contributed by atoms with Gasteiger partial charge in [0, 0.05) is 11.6 Å². The highest BCUT2D eigenvalue weighted by molar-refractivity contribution is 5.89. The molecule has 34 heavy (non-hydrogen) atoms. The van der Waals surface area contributed by atoms with Gasteiger partial charge < -0.3 is 15.6 Å². The van der Waals surface area contributed by atoms with Gasteiger partial charge in [0.15, 0.2) is 0 Å². The summed E-state index contributed by atoms with van der Waals surface area (Å²) in [6.07, 6.45) is -5.73. The average molecular weight is 479 g/mol. The molecular formula is C21H19F4N6O3+. The summed E-state index contributed by atoms with van der Waals surface area (Å²) in [5.74, 6) is -0.637. The van der Waals surface area contributed by atoms with Crippen molar-refractivity contribution < 1.29 is 31.8 Å². The zero-order valence-corrected chi connectivity index (χ0v) is 17.7. The number of benzene rings is 1. The van der Waals surface area contributed by atoms with Crippen LogP contribution in [0.15, 0.2) is 41.2 Å². The Morgan fingerprint density at radius 2 is 1.88 bits per heavy atom. The van der Waals surface area contributed by atoms with Crippen LogP contribution in [0, 0.1) is 5.82 Å². The number of nitrogen functional groups attached to an aromatic ring is 1. The number of H-pyrrole nitrogens is 1. The van der Waals surface area contributed by atoms with Gasteiger partial charge in [-0.1, -0.05) is 0 Å². The Labute approximate surface area is 189 Å². The number of halogens is 4. The Bertz CT molecular complexity index is 1390. The number of fused-ring (bicyclic) bond motifs is 1. The fourth-order valence-corrected chi connectivity index (χ4v) is 3.53. The lowest BCUT2D eigenvalue weighted by Crippen LogP contribution is -2.44. The molecule has 9 nitrogen and oxygen atoms in total. The molecule has 0 unspecified atom stereocenters. The molecule has 13 heteroatoms. The molecule has 3 heterocycles. The monoisotopic (exact) mass is 479 g/mol. The van der Waals surface area contributed by atoms with Crippen molar-refractivity contribution in [2.45, 2.75) is 25.7 Å². The summed E-state index contributed by atoms with van der Waals surface area (Å²) >= 11 is 0. The Balaban J connectivity index is 2.06. The van der Waals surface area contributed by atoms with E-state index in [4.69, 9.17) is 10.5 Å². The van der Waals surface area contributed by atoms with E-state index in [1.807, 2.05) is 0 Å². The van der Waals surface area contributed by atoms with Gasteiger partial charge in [-0.15, -0.1) is 9.38 Å². The molecule has 0 fully saturated rings. The van der Waals surface area contributed by atoms with Crippen LogP contribution in [0.5, 0.6) is 5.88 Å². The van der Waals surface area contributed by atoms with E-state index in [-0.39, 0.29) is 34.4 Å². The van der Waals surface area contributed by atoms with Gasteiger partial charge in [0.2, 0.25) is 11.5 Å². The van der Waals surface area contributed by atoms with E-state index in [9.17, 15) is 27.5 Å². The number of alkyl halides is 3. The molecular weight excluding hydrogens is 460 g/mol. The minimum atomic E-state index is -4.48. The lowest BCUT2D eigenvalue weighted by Gasteiger charge is -2.11. The number of aliphatic hydroxyl groups excluding tert-OH is 1. The molecule has 1 aromatic carbocycles. The average Bonchev–Trinajstić information content (AvgIpc) is 3.13. The molecule has 0 aliphatic carbocycles. The number of hydrogen-bond donors (Lipinski definition) is 3. The Morgan fingerprint density at radius 1 is 1.18 bits per heavy atom. The number of aromatic amines is 1. The summed E-state index contributed by atoms with van der Waals surface area (Å²) in [5, 5.41) is 12.3. The first-order valence-corrected chi connectivity index (χ1v) is 9.94. The molecule has 0 amide bonds. The summed E-state index contributed by atoms with van der Waals surface area (Å²) in [7, 11) is 1.37. The van der Waals surface area contributed by atoms with Crippen molar-refractivity contribution in [2.24, 2.45) is 0 Å². The molecule has 3 aromatic heterocycles. The summed E-state index contributed by atoms with van der Waals surface area (Å²) in [6, 6.07) is 8.32. The lowest BCUT2D eigenvalue weighted by molar-refractivity contribution is -0.516. The third kappa shape index (κ3) is 4.41. The molecule has 178 valence electrons. The van der Waals surface area contributed by atoms with Crippen molar-refractivity contribution in [2.75, 3.05) is 12.8 Å². The summed E-state index contributed by atoms with van der Waals surface area (Å²) < 4.78 is 58.8. The van der Waals surface area contributed by atoms with E-state index in [1.54, 1.807) is 0 Å². The van der Waals surface area contributed by atoms with Gasteiger partial charge in [0.1, 0.15) is 11.5 Å². The summed E-state index contributed by atoms with van der Waals surface area (Å²) in [5.41, 5.74) is 6.75. The van der Waals surface area contributed by atoms with E-state index in [0.29, 0.717) is 11.1 Å². The summed E-state index contributed by atoms with van der Waals surface area (Å²) in [4.78, 5) is 21.3. The number of rotatable bonds is 6. The number of methoxy groups -OCH3 is 1. The van der Waals surface area contributed by atoms with Gasteiger partial charge in [-0.25, -0.2) is 19.3 Å². The molecule has 4 rings (SSSR count). The van der Waals surface area contributed by atoms with Crippen LogP contribution in [0.3, 0.4) is 0 Å². The van der Waals surface area contributed by atoms with Crippen molar-refractivity contribution in [1.29, 1.82) is 0 Å². The molecule has 0 radical (unpaired) electrons. The van der Waals surface area contributed by atoms with Crippen LogP contribution in [0.4, 0.5) is 23.5 Å². The second-order valence-electron chi connectivity index (χ2n) is 7.34. The molecule has 0 atom stereocenters. The Hall–Kier alpha value is -4.00. The highest BCUT2D eigenvalue weighted by Gasteiger charge is 2.30. The van der Waals surface area contributed by atoms with Crippen LogP contribution in [0.25, 0.3) is 28.0 Å². The van der Waals surface area contributed by atoms with Gasteiger partial charge in [-0.05, 0) is 35.9 Å². The maximum absolute atomic E-state index is 13.5. The first-order chi connectivity index (χ1) is 16.1. The van der Waals surface area contributed by atoms with Crippen LogP contribution in [0.1, 0.15) is 12.1 Å². The standard InChI is InChI=1S/C21H18F4N6O3/c1-34-15-9-12(8-14(10-32)27-15)16-17(11-2-4-13(22)5-3-11)28-19(26)31-18(16)29-30(20(31)33)7-6-21(23,24)25/h2-5,8-9,32H,6-7,10H2,1H3,(H2,26,27,28,29)/p+1. The fourth-order valence-electron chi connectivity index (χ4n) is 3.53. The highest BCUT2D eigenvalue weighted by atomic mass is 19.4. The van der Waals surface area contributed by atoms with Crippen LogP contribution < -0.4 is 20.6 Å². The lowest BCUT2D eigenvalue weighted by atomic mass is 10.00. The van der Waals surface area contributed by atoms with Crippen LogP contribution in [-0.4, -0.2) is 38.1 Å². The van der Waals surface area contributed by atoms with E-state index < -0.39 is 37.3 Å². The molecule has 0 saturated heterocycles.